The Kier molecular flexibility index (Phi) is 44.8. The maximum atomic E-state index is 12.4. The van der Waals surface area contributed by atoms with Crippen LogP contribution in [0.2, 0.25) is 0 Å². The Labute approximate surface area is 338 Å². The van der Waals surface area contributed by atoms with Crippen LogP contribution in [0.15, 0.2) is 36.5 Å². The molecule has 0 radical (unpaired) electrons. The van der Waals surface area contributed by atoms with Crippen molar-refractivity contribution in [1.29, 1.82) is 0 Å². The van der Waals surface area contributed by atoms with E-state index in [1.54, 1.807) is 0 Å². The molecule has 0 aliphatic heterocycles. The van der Waals surface area contributed by atoms with Crippen LogP contribution >= 0.6 is 0 Å². The highest BCUT2D eigenvalue weighted by Crippen LogP contribution is 2.17. The molecule has 3 N–H and O–H groups in total. The van der Waals surface area contributed by atoms with Gasteiger partial charge in [0.05, 0.1) is 18.8 Å². The number of aliphatic hydroxyl groups is 2. The standard InChI is InChI=1S/C50H95NO3/c1-3-5-7-9-11-13-15-17-19-21-23-24-25-26-28-29-31-33-35-37-39-41-43-45-49(53)48(47-52)51-50(54)46-44-42-40-38-36-34-32-30-27-22-20-18-16-14-12-10-8-6-4-2/h12,14,18,20,27,30,48-49,52-53H,3-11,13,15-17,19,21-26,28-29,31-47H2,1-2H3,(H,51,54)/b14-12-,20-18-,30-27-. The van der Waals surface area contributed by atoms with E-state index in [0.29, 0.717) is 12.8 Å². The lowest BCUT2D eigenvalue weighted by Gasteiger charge is -2.22. The molecular formula is C50H95NO3. The molecule has 0 aliphatic carbocycles. The molecule has 0 aromatic heterocycles. The van der Waals surface area contributed by atoms with Crippen molar-refractivity contribution in [2.24, 2.45) is 0 Å². The van der Waals surface area contributed by atoms with E-state index in [1.807, 2.05) is 0 Å². The SMILES string of the molecule is CCCCC/C=C\C/C=C\C/C=C\CCCCCCCCC(=O)NC(CO)C(O)CCCCCCCCCCCCCCCCCCCCCCCCC. The van der Waals surface area contributed by atoms with Crippen molar-refractivity contribution in [2.45, 2.75) is 270 Å². The predicted molar refractivity (Wildman–Crippen MR) is 239 cm³/mol. The van der Waals surface area contributed by atoms with Crippen molar-refractivity contribution in [3.05, 3.63) is 36.5 Å². The third kappa shape index (κ3) is 41.8. The Morgan fingerprint density at radius 3 is 1.17 bits per heavy atom. The van der Waals surface area contributed by atoms with Gasteiger partial charge in [-0.15, -0.1) is 0 Å². The molecule has 2 atom stereocenters. The first kappa shape index (κ1) is 52.6. The molecule has 0 aromatic carbocycles. The minimum atomic E-state index is -0.666. The first-order valence-electron chi connectivity index (χ1n) is 24.2. The average Bonchev–Trinajstić information content (AvgIpc) is 3.18. The number of hydrogen-bond acceptors (Lipinski definition) is 3. The summed E-state index contributed by atoms with van der Waals surface area (Å²) in [6.07, 6.45) is 60.9. The first-order chi connectivity index (χ1) is 26.7. The van der Waals surface area contributed by atoms with E-state index in [-0.39, 0.29) is 12.5 Å². The zero-order chi connectivity index (χ0) is 39.3. The van der Waals surface area contributed by atoms with Crippen molar-refractivity contribution >= 4 is 5.91 Å². The highest BCUT2D eigenvalue weighted by Gasteiger charge is 2.20. The maximum absolute atomic E-state index is 12.4. The second-order valence-corrected chi connectivity index (χ2v) is 16.5. The Balaban J connectivity index is 3.51. The Hall–Kier alpha value is -1.39. The number of aliphatic hydroxyl groups excluding tert-OH is 2. The van der Waals surface area contributed by atoms with Crippen LogP contribution in [0.25, 0.3) is 0 Å². The summed E-state index contributed by atoms with van der Waals surface area (Å²) in [5.74, 6) is -0.0420. The van der Waals surface area contributed by atoms with Gasteiger partial charge in [0.2, 0.25) is 5.91 Å². The number of carbonyl (C=O) groups excluding carboxylic acids is 1. The summed E-state index contributed by atoms with van der Waals surface area (Å²) < 4.78 is 0. The monoisotopic (exact) mass is 758 g/mol. The van der Waals surface area contributed by atoms with Crippen LogP contribution in [-0.2, 0) is 4.79 Å². The third-order valence-electron chi connectivity index (χ3n) is 11.2. The molecule has 0 saturated carbocycles. The van der Waals surface area contributed by atoms with Gasteiger partial charge < -0.3 is 15.5 Å². The van der Waals surface area contributed by atoms with Gasteiger partial charge in [-0.2, -0.15) is 0 Å². The fourth-order valence-corrected chi connectivity index (χ4v) is 7.43. The quantitative estimate of drug-likeness (QED) is 0.0428. The van der Waals surface area contributed by atoms with E-state index in [0.717, 1.165) is 51.4 Å². The van der Waals surface area contributed by atoms with Gasteiger partial charge in [-0.05, 0) is 51.4 Å². The Morgan fingerprint density at radius 1 is 0.444 bits per heavy atom. The van der Waals surface area contributed by atoms with Crippen molar-refractivity contribution < 1.29 is 15.0 Å². The number of carbonyl (C=O) groups is 1. The molecule has 0 fully saturated rings. The molecule has 4 heteroatoms. The molecule has 0 spiro atoms. The zero-order valence-electron chi connectivity index (χ0n) is 36.5. The number of amides is 1. The molecule has 1 amide bonds. The van der Waals surface area contributed by atoms with Gasteiger partial charge in [-0.1, -0.05) is 237 Å². The fraction of sp³-hybridized carbons (Fsp3) is 0.860. The molecule has 0 aliphatic rings. The summed E-state index contributed by atoms with van der Waals surface area (Å²) in [7, 11) is 0. The van der Waals surface area contributed by atoms with Crippen molar-refractivity contribution in [3.63, 3.8) is 0 Å². The number of allylic oxidation sites excluding steroid dienone is 6. The van der Waals surface area contributed by atoms with Crippen LogP contribution in [-0.4, -0.2) is 34.9 Å². The summed E-state index contributed by atoms with van der Waals surface area (Å²) >= 11 is 0. The lowest BCUT2D eigenvalue weighted by Crippen LogP contribution is -2.45. The first-order valence-corrected chi connectivity index (χ1v) is 24.2. The van der Waals surface area contributed by atoms with Crippen LogP contribution in [0.1, 0.15) is 258 Å². The Bertz CT molecular complexity index is 821. The van der Waals surface area contributed by atoms with E-state index in [1.165, 1.54) is 180 Å². The molecule has 4 nitrogen and oxygen atoms in total. The van der Waals surface area contributed by atoms with Crippen LogP contribution in [0.5, 0.6) is 0 Å². The molecular weight excluding hydrogens is 663 g/mol. The molecule has 0 bridgehead atoms. The fourth-order valence-electron chi connectivity index (χ4n) is 7.43. The number of nitrogens with one attached hydrogen (secondary N) is 1. The van der Waals surface area contributed by atoms with Gasteiger partial charge in [-0.25, -0.2) is 0 Å². The van der Waals surface area contributed by atoms with Gasteiger partial charge in [-0.3, -0.25) is 4.79 Å². The van der Waals surface area contributed by atoms with Crippen LogP contribution < -0.4 is 5.32 Å². The summed E-state index contributed by atoms with van der Waals surface area (Å²) in [4.78, 5) is 12.4. The van der Waals surface area contributed by atoms with Gasteiger partial charge in [0.15, 0.2) is 0 Å². The molecule has 0 saturated heterocycles. The number of hydrogen-bond donors (Lipinski definition) is 3. The summed E-state index contributed by atoms with van der Waals surface area (Å²) in [5.41, 5.74) is 0. The maximum Gasteiger partial charge on any atom is 0.220 e. The van der Waals surface area contributed by atoms with Crippen molar-refractivity contribution in [2.75, 3.05) is 6.61 Å². The lowest BCUT2D eigenvalue weighted by atomic mass is 10.0. The molecule has 0 aromatic rings. The second-order valence-electron chi connectivity index (χ2n) is 16.5. The molecule has 318 valence electrons. The van der Waals surface area contributed by atoms with E-state index in [9.17, 15) is 15.0 Å². The second kappa shape index (κ2) is 46.0. The van der Waals surface area contributed by atoms with Crippen LogP contribution in [0, 0.1) is 0 Å². The van der Waals surface area contributed by atoms with Gasteiger partial charge in [0, 0.05) is 6.42 Å². The highest BCUT2D eigenvalue weighted by molar-refractivity contribution is 5.76. The van der Waals surface area contributed by atoms with E-state index in [2.05, 4.69) is 55.6 Å². The molecule has 0 heterocycles. The number of rotatable bonds is 44. The topological polar surface area (TPSA) is 69.6 Å². The zero-order valence-corrected chi connectivity index (χ0v) is 36.5. The largest absolute Gasteiger partial charge is 0.394 e. The molecule has 0 rings (SSSR count). The van der Waals surface area contributed by atoms with Crippen LogP contribution in [0.4, 0.5) is 0 Å². The minimum Gasteiger partial charge on any atom is -0.394 e. The lowest BCUT2D eigenvalue weighted by molar-refractivity contribution is -0.123. The van der Waals surface area contributed by atoms with Crippen LogP contribution in [0.3, 0.4) is 0 Å². The predicted octanol–water partition coefficient (Wildman–Crippen LogP) is 15.4. The number of unbranched alkanes of at least 4 members (excludes halogenated alkanes) is 31. The van der Waals surface area contributed by atoms with E-state index >= 15 is 0 Å². The van der Waals surface area contributed by atoms with E-state index in [4.69, 9.17) is 0 Å². The third-order valence-corrected chi connectivity index (χ3v) is 11.2. The van der Waals surface area contributed by atoms with Crippen molar-refractivity contribution in [1.82, 2.24) is 5.32 Å². The highest BCUT2D eigenvalue weighted by atomic mass is 16.3. The van der Waals surface area contributed by atoms with Gasteiger partial charge >= 0.3 is 0 Å². The van der Waals surface area contributed by atoms with Gasteiger partial charge in [0.25, 0.3) is 0 Å². The van der Waals surface area contributed by atoms with Crippen molar-refractivity contribution in [3.8, 4) is 0 Å². The van der Waals surface area contributed by atoms with E-state index < -0.39 is 12.1 Å². The average molecular weight is 758 g/mol. The summed E-state index contributed by atoms with van der Waals surface area (Å²) in [5, 5.41) is 23.2. The summed E-state index contributed by atoms with van der Waals surface area (Å²) in [6, 6.07) is -0.544. The molecule has 2 unspecified atom stereocenters. The minimum absolute atomic E-state index is 0.0420. The smallest absolute Gasteiger partial charge is 0.220 e. The Morgan fingerprint density at radius 2 is 0.759 bits per heavy atom. The normalized spacial score (nSPS) is 13.2. The summed E-state index contributed by atoms with van der Waals surface area (Å²) in [6.45, 7) is 4.34. The van der Waals surface area contributed by atoms with Gasteiger partial charge in [0.1, 0.15) is 0 Å². The molecule has 54 heavy (non-hydrogen) atoms.